The van der Waals surface area contributed by atoms with E-state index in [1.54, 1.807) is 30.3 Å². The SMILES string of the molecule is CCCC(=O)C(F)c1ccccc1. The van der Waals surface area contributed by atoms with Gasteiger partial charge in [-0.3, -0.25) is 4.79 Å². The summed E-state index contributed by atoms with van der Waals surface area (Å²) in [4.78, 5) is 11.2. The van der Waals surface area contributed by atoms with Crippen LogP contribution < -0.4 is 0 Å². The van der Waals surface area contributed by atoms with Gasteiger partial charge in [-0.15, -0.1) is 0 Å². The summed E-state index contributed by atoms with van der Waals surface area (Å²) in [6, 6.07) is 8.55. The largest absolute Gasteiger partial charge is 0.296 e. The van der Waals surface area contributed by atoms with Gasteiger partial charge in [-0.05, 0) is 12.0 Å². The molecule has 0 heterocycles. The number of Topliss-reactive ketones (excluding diaryl/α,β-unsaturated/α-hetero) is 1. The molecule has 1 unspecified atom stereocenters. The molecule has 1 atom stereocenters. The number of rotatable bonds is 4. The van der Waals surface area contributed by atoms with E-state index in [0.717, 1.165) is 0 Å². The summed E-state index contributed by atoms with van der Waals surface area (Å²) < 4.78 is 13.4. The first-order valence-corrected chi connectivity index (χ1v) is 4.47. The van der Waals surface area contributed by atoms with E-state index < -0.39 is 6.17 Å². The van der Waals surface area contributed by atoms with Gasteiger partial charge in [0.1, 0.15) is 0 Å². The first-order chi connectivity index (χ1) is 6.25. The van der Waals surface area contributed by atoms with Crippen molar-refractivity contribution in [2.24, 2.45) is 0 Å². The number of alkyl halides is 1. The van der Waals surface area contributed by atoms with E-state index in [1.807, 2.05) is 6.92 Å². The van der Waals surface area contributed by atoms with Crippen LogP contribution >= 0.6 is 0 Å². The Balaban J connectivity index is 2.68. The fourth-order valence-corrected chi connectivity index (χ4v) is 1.18. The average Bonchev–Trinajstić information content (AvgIpc) is 2.18. The van der Waals surface area contributed by atoms with Crippen LogP contribution in [-0.2, 0) is 4.79 Å². The number of ketones is 1. The molecule has 0 saturated carbocycles. The Bertz CT molecular complexity index is 269. The van der Waals surface area contributed by atoms with Gasteiger partial charge in [-0.2, -0.15) is 0 Å². The first-order valence-electron chi connectivity index (χ1n) is 4.47. The second kappa shape index (κ2) is 4.75. The van der Waals surface area contributed by atoms with Crippen LogP contribution in [0, 0.1) is 0 Å². The van der Waals surface area contributed by atoms with E-state index in [2.05, 4.69) is 0 Å². The molecule has 13 heavy (non-hydrogen) atoms. The highest BCUT2D eigenvalue weighted by Gasteiger charge is 2.17. The molecule has 70 valence electrons. The molecule has 0 aliphatic heterocycles. The molecular weight excluding hydrogens is 167 g/mol. The van der Waals surface area contributed by atoms with Crippen LogP contribution in [0.2, 0.25) is 0 Å². The third-order valence-corrected chi connectivity index (χ3v) is 1.87. The number of benzene rings is 1. The van der Waals surface area contributed by atoms with Gasteiger partial charge in [0, 0.05) is 6.42 Å². The molecule has 0 bridgehead atoms. The second-order valence-corrected chi connectivity index (χ2v) is 2.99. The lowest BCUT2D eigenvalue weighted by molar-refractivity contribution is -0.124. The van der Waals surface area contributed by atoms with Crippen LogP contribution in [0.15, 0.2) is 30.3 Å². The summed E-state index contributed by atoms with van der Waals surface area (Å²) in [6.07, 6.45) is -0.427. The van der Waals surface area contributed by atoms with Crippen molar-refractivity contribution in [3.8, 4) is 0 Å². The molecule has 0 amide bonds. The van der Waals surface area contributed by atoms with Crippen LogP contribution in [-0.4, -0.2) is 5.78 Å². The van der Waals surface area contributed by atoms with Crippen molar-refractivity contribution in [3.05, 3.63) is 35.9 Å². The summed E-state index contributed by atoms with van der Waals surface area (Å²) in [6.45, 7) is 1.87. The molecule has 0 spiro atoms. The number of hydrogen-bond donors (Lipinski definition) is 0. The lowest BCUT2D eigenvalue weighted by Gasteiger charge is -2.05. The van der Waals surface area contributed by atoms with E-state index >= 15 is 0 Å². The van der Waals surface area contributed by atoms with Gasteiger partial charge in [-0.1, -0.05) is 37.3 Å². The number of hydrogen-bond acceptors (Lipinski definition) is 1. The maximum absolute atomic E-state index is 13.4. The summed E-state index contributed by atoms with van der Waals surface area (Å²) in [5.74, 6) is -0.325. The molecule has 0 aromatic heterocycles. The maximum Gasteiger partial charge on any atom is 0.183 e. The van der Waals surface area contributed by atoms with Crippen molar-refractivity contribution in [2.75, 3.05) is 0 Å². The fraction of sp³-hybridized carbons (Fsp3) is 0.364. The van der Waals surface area contributed by atoms with Crippen molar-refractivity contribution < 1.29 is 9.18 Å². The van der Waals surface area contributed by atoms with Crippen molar-refractivity contribution in [2.45, 2.75) is 25.9 Å². The summed E-state index contributed by atoms with van der Waals surface area (Å²) in [7, 11) is 0. The standard InChI is InChI=1S/C11H13FO/c1-2-6-10(13)11(12)9-7-4-3-5-8-9/h3-5,7-8,11H,2,6H2,1H3. The van der Waals surface area contributed by atoms with E-state index in [0.29, 0.717) is 18.4 Å². The lowest BCUT2D eigenvalue weighted by Crippen LogP contribution is -2.06. The van der Waals surface area contributed by atoms with Crippen molar-refractivity contribution in [1.29, 1.82) is 0 Å². The minimum absolute atomic E-state index is 0.316. The molecule has 1 nitrogen and oxygen atoms in total. The molecule has 1 rings (SSSR count). The molecule has 0 aliphatic carbocycles. The van der Waals surface area contributed by atoms with Gasteiger partial charge in [0.25, 0.3) is 0 Å². The molecule has 0 aliphatic rings. The zero-order valence-corrected chi connectivity index (χ0v) is 7.66. The predicted molar refractivity (Wildman–Crippen MR) is 50.2 cm³/mol. The van der Waals surface area contributed by atoms with Crippen LogP contribution in [0.3, 0.4) is 0 Å². The molecular formula is C11H13FO. The van der Waals surface area contributed by atoms with Crippen LogP contribution in [0.4, 0.5) is 4.39 Å². The first kappa shape index (κ1) is 9.90. The Kier molecular flexibility index (Phi) is 3.62. The molecule has 0 fully saturated rings. The third kappa shape index (κ3) is 2.65. The average molecular weight is 180 g/mol. The number of carbonyl (C=O) groups excluding carboxylic acids is 1. The second-order valence-electron chi connectivity index (χ2n) is 2.99. The van der Waals surface area contributed by atoms with Crippen LogP contribution in [0.25, 0.3) is 0 Å². The molecule has 2 heteroatoms. The molecule has 0 N–H and O–H groups in total. The Morgan fingerprint density at radius 2 is 2.00 bits per heavy atom. The number of halogens is 1. The van der Waals surface area contributed by atoms with Crippen LogP contribution in [0.1, 0.15) is 31.5 Å². The van der Waals surface area contributed by atoms with Gasteiger partial charge in [0.15, 0.2) is 12.0 Å². The Hall–Kier alpha value is -1.18. The third-order valence-electron chi connectivity index (χ3n) is 1.87. The van der Waals surface area contributed by atoms with Gasteiger partial charge in [0.05, 0.1) is 0 Å². The topological polar surface area (TPSA) is 17.1 Å². The van der Waals surface area contributed by atoms with Crippen LogP contribution in [0.5, 0.6) is 0 Å². The summed E-state index contributed by atoms with van der Waals surface area (Å²) >= 11 is 0. The lowest BCUT2D eigenvalue weighted by atomic mass is 10.0. The van der Waals surface area contributed by atoms with Gasteiger partial charge in [0.2, 0.25) is 0 Å². The van der Waals surface area contributed by atoms with E-state index in [-0.39, 0.29) is 5.78 Å². The summed E-state index contributed by atoms with van der Waals surface area (Å²) in [5.41, 5.74) is 0.459. The minimum Gasteiger partial charge on any atom is -0.296 e. The monoisotopic (exact) mass is 180 g/mol. The highest BCUT2D eigenvalue weighted by Crippen LogP contribution is 2.19. The predicted octanol–water partition coefficient (Wildman–Crippen LogP) is 3.07. The van der Waals surface area contributed by atoms with E-state index in [9.17, 15) is 9.18 Å². The normalized spacial score (nSPS) is 12.5. The summed E-state index contributed by atoms with van der Waals surface area (Å²) in [5, 5.41) is 0. The molecule has 1 aromatic rings. The van der Waals surface area contributed by atoms with Gasteiger partial charge in [-0.25, -0.2) is 4.39 Å². The Labute approximate surface area is 77.6 Å². The Morgan fingerprint density at radius 3 is 2.54 bits per heavy atom. The Morgan fingerprint density at radius 1 is 1.38 bits per heavy atom. The molecule has 0 radical (unpaired) electrons. The van der Waals surface area contributed by atoms with E-state index in [4.69, 9.17) is 0 Å². The van der Waals surface area contributed by atoms with E-state index in [1.165, 1.54) is 0 Å². The fourth-order valence-electron chi connectivity index (χ4n) is 1.18. The molecule has 0 saturated heterocycles. The van der Waals surface area contributed by atoms with Gasteiger partial charge < -0.3 is 0 Å². The molecule has 1 aromatic carbocycles. The minimum atomic E-state index is -1.44. The maximum atomic E-state index is 13.4. The zero-order chi connectivity index (χ0) is 9.68. The zero-order valence-electron chi connectivity index (χ0n) is 7.66. The smallest absolute Gasteiger partial charge is 0.183 e. The van der Waals surface area contributed by atoms with Crippen molar-refractivity contribution in [3.63, 3.8) is 0 Å². The highest BCUT2D eigenvalue weighted by atomic mass is 19.1. The van der Waals surface area contributed by atoms with Gasteiger partial charge >= 0.3 is 0 Å². The quantitative estimate of drug-likeness (QED) is 0.696. The van der Waals surface area contributed by atoms with Crippen molar-refractivity contribution >= 4 is 5.78 Å². The van der Waals surface area contributed by atoms with Crippen molar-refractivity contribution in [1.82, 2.24) is 0 Å². The number of carbonyl (C=O) groups is 1. The highest BCUT2D eigenvalue weighted by molar-refractivity contribution is 5.84.